The van der Waals surface area contributed by atoms with Crippen molar-refractivity contribution in [3.05, 3.63) is 25.0 Å². The van der Waals surface area contributed by atoms with Crippen LogP contribution in [-0.2, 0) is 6.54 Å². The van der Waals surface area contributed by atoms with Gasteiger partial charge in [-0.2, -0.15) is 0 Å². The van der Waals surface area contributed by atoms with Gasteiger partial charge in [-0.3, -0.25) is 0 Å². The first-order valence-electron chi connectivity index (χ1n) is 5.76. The number of rotatable bonds is 5. The number of hydrogen-bond donors (Lipinski definition) is 1. The monoisotopic (exact) mass is 205 g/mol. The largest absolute Gasteiger partial charge is 0.352 e. The fraction of sp³-hybridized carbons (Fsp3) is 0.583. The zero-order valence-electron chi connectivity index (χ0n) is 9.15. The molecule has 1 heterocycles. The lowest BCUT2D eigenvalue weighted by atomic mass is 10.1. The summed E-state index contributed by atoms with van der Waals surface area (Å²) in [6.07, 6.45) is 11.3. The van der Waals surface area contributed by atoms with Crippen LogP contribution in [-0.4, -0.2) is 16.1 Å². The van der Waals surface area contributed by atoms with Crippen LogP contribution in [0.15, 0.2) is 25.0 Å². The lowest BCUT2D eigenvalue weighted by Gasteiger charge is -2.13. The van der Waals surface area contributed by atoms with Crippen molar-refractivity contribution in [3.63, 3.8) is 0 Å². The fourth-order valence-corrected chi connectivity index (χ4v) is 2.26. The lowest BCUT2D eigenvalue weighted by Crippen LogP contribution is -2.11. The van der Waals surface area contributed by atoms with Crippen molar-refractivity contribution >= 4 is 5.95 Å². The number of anilines is 1. The van der Waals surface area contributed by atoms with Crippen LogP contribution in [0.1, 0.15) is 25.7 Å². The van der Waals surface area contributed by atoms with Gasteiger partial charge in [0.1, 0.15) is 0 Å². The second-order valence-electron chi connectivity index (χ2n) is 4.22. The van der Waals surface area contributed by atoms with Crippen molar-refractivity contribution in [3.8, 4) is 0 Å². The van der Waals surface area contributed by atoms with Gasteiger partial charge in [-0.15, -0.1) is 6.58 Å². The maximum absolute atomic E-state index is 4.30. The van der Waals surface area contributed by atoms with Crippen LogP contribution in [0.25, 0.3) is 0 Å². The van der Waals surface area contributed by atoms with Gasteiger partial charge >= 0.3 is 0 Å². The summed E-state index contributed by atoms with van der Waals surface area (Å²) in [4.78, 5) is 4.30. The van der Waals surface area contributed by atoms with Gasteiger partial charge in [0, 0.05) is 25.5 Å². The van der Waals surface area contributed by atoms with Crippen LogP contribution >= 0.6 is 0 Å². The average Bonchev–Trinajstić information content (AvgIpc) is 2.87. The molecule has 2 rings (SSSR count). The van der Waals surface area contributed by atoms with Crippen LogP contribution < -0.4 is 5.32 Å². The molecule has 0 amide bonds. The molecule has 1 aromatic rings. The second-order valence-corrected chi connectivity index (χ2v) is 4.22. The minimum Gasteiger partial charge on any atom is -0.352 e. The number of aromatic nitrogens is 2. The van der Waals surface area contributed by atoms with E-state index < -0.39 is 0 Å². The normalized spacial score (nSPS) is 16.8. The van der Waals surface area contributed by atoms with Crippen LogP contribution in [0.4, 0.5) is 5.95 Å². The van der Waals surface area contributed by atoms with E-state index in [2.05, 4.69) is 27.6 Å². The zero-order chi connectivity index (χ0) is 10.5. The molecule has 0 unspecified atom stereocenters. The molecule has 0 bridgehead atoms. The van der Waals surface area contributed by atoms with E-state index in [9.17, 15) is 0 Å². The molecule has 82 valence electrons. The van der Waals surface area contributed by atoms with Gasteiger partial charge in [0.2, 0.25) is 5.95 Å². The third-order valence-corrected chi connectivity index (χ3v) is 3.05. The zero-order valence-corrected chi connectivity index (χ0v) is 9.15. The Bertz CT molecular complexity index is 310. The number of imidazole rings is 1. The second kappa shape index (κ2) is 5.01. The molecule has 1 fully saturated rings. The Labute approximate surface area is 91.2 Å². The summed E-state index contributed by atoms with van der Waals surface area (Å²) in [7, 11) is 0. The van der Waals surface area contributed by atoms with Gasteiger partial charge < -0.3 is 9.88 Å². The molecule has 1 aromatic heterocycles. The number of hydrogen-bond acceptors (Lipinski definition) is 2. The minimum atomic E-state index is 0.779. The van der Waals surface area contributed by atoms with Crippen molar-refractivity contribution in [2.24, 2.45) is 5.92 Å². The van der Waals surface area contributed by atoms with Gasteiger partial charge in [-0.1, -0.05) is 18.9 Å². The lowest BCUT2D eigenvalue weighted by molar-refractivity contribution is 0.460. The molecular formula is C12H19N3. The third-order valence-electron chi connectivity index (χ3n) is 3.05. The Morgan fingerprint density at radius 2 is 2.33 bits per heavy atom. The van der Waals surface area contributed by atoms with E-state index in [-0.39, 0.29) is 0 Å². The van der Waals surface area contributed by atoms with E-state index in [0.717, 1.165) is 25.0 Å². The predicted octanol–water partition coefficient (Wildman–Crippen LogP) is 2.67. The first-order valence-corrected chi connectivity index (χ1v) is 5.76. The van der Waals surface area contributed by atoms with E-state index in [1.54, 1.807) is 0 Å². The van der Waals surface area contributed by atoms with Gasteiger partial charge in [0.15, 0.2) is 0 Å². The Morgan fingerprint density at radius 1 is 1.53 bits per heavy atom. The Kier molecular flexibility index (Phi) is 3.43. The van der Waals surface area contributed by atoms with Crippen molar-refractivity contribution < 1.29 is 0 Å². The van der Waals surface area contributed by atoms with E-state index >= 15 is 0 Å². The smallest absolute Gasteiger partial charge is 0.203 e. The summed E-state index contributed by atoms with van der Waals surface area (Å²) in [6, 6.07) is 0. The topological polar surface area (TPSA) is 29.9 Å². The molecule has 0 aromatic carbocycles. The molecule has 3 heteroatoms. The number of nitrogens with one attached hydrogen (secondary N) is 1. The Balaban J connectivity index is 1.94. The maximum atomic E-state index is 4.30. The maximum Gasteiger partial charge on any atom is 0.203 e. The quantitative estimate of drug-likeness (QED) is 0.749. The molecule has 1 saturated carbocycles. The van der Waals surface area contributed by atoms with E-state index in [1.165, 1.54) is 25.7 Å². The highest BCUT2D eigenvalue weighted by Crippen LogP contribution is 2.26. The molecule has 3 nitrogen and oxygen atoms in total. The van der Waals surface area contributed by atoms with Crippen LogP contribution in [0, 0.1) is 5.92 Å². The van der Waals surface area contributed by atoms with Crippen molar-refractivity contribution in [2.75, 3.05) is 11.9 Å². The molecule has 15 heavy (non-hydrogen) atoms. The Morgan fingerprint density at radius 3 is 3.07 bits per heavy atom. The van der Waals surface area contributed by atoms with Gasteiger partial charge in [-0.05, 0) is 18.8 Å². The third kappa shape index (κ3) is 2.61. The highest BCUT2D eigenvalue weighted by atomic mass is 15.2. The van der Waals surface area contributed by atoms with Crippen LogP contribution in [0.2, 0.25) is 0 Å². The highest BCUT2D eigenvalue weighted by molar-refractivity contribution is 5.26. The van der Waals surface area contributed by atoms with E-state index in [0.29, 0.717) is 0 Å². The minimum absolute atomic E-state index is 0.779. The van der Waals surface area contributed by atoms with E-state index in [1.807, 2.05) is 12.3 Å². The molecule has 1 N–H and O–H groups in total. The van der Waals surface area contributed by atoms with Crippen molar-refractivity contribution in [2.45, 2.75) is 32.2 Å². The SMILES string of the molecule is C=CCNc1nccn1CC1CCCC1. The van der Waals surface area contributed by atoms with Gasteiger partial charge in [0.05, 0.1) is 0 Å². The van der Waals surface area contributed by atoms with Crippen molar-refractivity contribution in [1.29, 1.82) is 0 Å². The van der Waals surface area contributed by atoms with Crippen molar-refractivity contribution in [1.82, 2.24) is 9.55 Å². The highest BCUT2D eigenvalue weighted by Gasteiger charge is 2.16. The summed E-state index contributed by atoms with van der Waals surface area (Å²) < 4.78 is 2.22. The first-order chi connectivity index (χ1) is 7.40. The van der Waals surface area contributed by atoms with E-state index in [4.69, 9.17) is 0 Å². The number of nitrogens with zero attached hydrogens (tertiary/aromatic N) is 2. The average molecular weight is 205 g/mol. The molecule has 0 radical (unpaired) electrons. The van der Waals surface area contributed by atoms with Gasteiger partial charge in [-0.25, -0.2) is 4.98 Å². The summed E-state index contributed by atoms with van der Waals surface area (Å²) in [5.74, 6) is 1.82. The molecule has 1 aliphatic rings. The molecule has 0 saturated heterocycles. The van der Waals surface area contributed by atoms with Gasteiger partial charge in [0.25, 0.3) is 0 Å². The molecular weight excluding hydrogens is 186 g/mol. The van der Waals surface area contributed by atoms with Crippen LogP contribution in [0.3, 0.4) is 0 Å². The summed E-state index contributed by atoms with van der Waals surface area (Å²) >= 11 is 0. The molecule has 0 atom stereocenters. The molecule has 0 aliphatic heterocycles. The predicted molar refractivity (Wildman–Crippen MR) is 62.9 cm³/mol. The fourth-order valence-electron chi connectivity index (χ4n) is 2.26. The van der Waals surface area contributed by atoms with Crippen LogP contribution in [0.5, 0.6) is 0 Å². The molecule has 1 aliphatic carbocycles. The summed E-state index contributed by atoms with van der Waals surface area (Å²) in [5, 5.41) is 3.25. The summed E-state index contributed by atoms with van der Waals surface area (Å²) in [5.41, 5.74) is 0. The Hall–Kier alpha value is -1.25. The standard InChI is InChI=1S/C12H19N3/c1-2-7-13-12-14-8-9-15(12)10-11-5-3-4-6-11/h2,8-9,11H,1,3-7,10H2,(H,13,14). The molecule has 0 spiro atoms. The first kappa shape index (κ1) is 10.3. The summed E-state index contributed by atoms with van der Waals surface area (Å²) in [6.45, 7) is 5.58.